The molecule has 0 unspecified atom stereocenters. The molecular weight excluding hydrogens is 196 g/mol. The van der Waals surface area contributed by atoms with E-state index in [-0.39, 0.29) is 0 Å². The molecule has 1 heteroatoms. The van der Waals surface area contributed by atoms with Crippen molar-refractivity contribution in [3.8, 4) is 5.75 Å². The highest BCUT2D eigenvalue weighted by atomic mass is 16.5. The van der Waals surface area contributed by atoms with E-state index >= 15 is 0 Å². The minimum Gasteiger partial charge on any atom is -0.493 e. The maximum Gasteiger partial charge on any atom is 0.122 e. The summed E-state index contributed by atoms with van der Waals surface area (Å²) in [6.45, 7) is 7.16. The first-order valence-electron chi connectivity index (χ1n) is 5.85. The first-order valence-corrected chi connectivity index (χ1v) is 5.85. The largest absolute Gasteiger partial charge is 0.493 e. The summed E-state index contributed by atoms with van der Waals surface area (Å²) in [7, 11) is 0. The summed E-state index contributed by atoms with van der Waals surface area (Å²) < 4.78 is 5.72. The van der Waals surface area contributed by atoms with Gasteiger partial charge in [0.1, 0.15) is 5.75 Å². The van der Waals surface area contributed by atoms with Crippen molar-refractivity contribution in [1.29, 1.82) is 0 Å². The zero-order valence-corrected chi connectivity index (χ0v) is 10.2. The van der Waals surface area contributed by atoms with Crippen molar-refractivity contribution >= 4 is 10.8 Å². The van der Waals surface area contributed by atoms with Crippen molar-refractivity contribution in [1.82, 2.24) is 0 Å². The summed E-state index contributed by atoms with van der Waals surface area (Å²) in [4.78, 5) is 0. The summed E-state index contributed by atoms with van der Waals surface area (Å²) in [5, 5.41) is 2.58. The molecule has 0 aliphatic carbocycles. The van der Waals surface area contributed by atoms with Gasteiger partial charge in [0.25, 0.3) is 0 Å². The van der Waals surface area contributed by atoms with Crippen LogP contribution in [0.2, 0.25) is 0 Å². The fourth-order valence-corrected chi connectivity index (χ4v) is 1.95. The SMILES string of the molecule is CCCOc1ccc2cc(C)ccc2c1C. The fraction of sp³-hybridized carbons (Fsp3) is 0.333. The van der Waals surface area contributed by atoms with E-state index in [1.54, 1.807) is 0 Å². The molecule has 0 atom stereocenters. The lowest BCUT2D eigenvalue weighted by Gasteiger charge is -2.11. The van der Waals surface area contributed by atoms with Gasteiger partial charge >= 0.3 is 0 Å². The summed E-state index contributed by atoms with van der Waals surface area (Å²) in [6.07, 6.45) is 1.05. The molecule has 0 aliphatic heterocycles. The topological polar surface area (TPSA) is 9.23 Å². The Bertz CT molecular complexity index is 500. The molecule has 0 radical (unpaired) electrons. The number of rotatable bonds is 3. The average Bonchev–Trinajstić information content (AvgIpc) is 2.28. The molecule has 2 aromatic carbocycles. The summed E-state index contributed by atoms with van der Waals surface area (Å²) >= 11 is 0. The van der Waals surface area contributed by atoms with Crippen LogP contribution in [0.5, 0.6) is 5.75 Å². The first kappa shape index (κ1) is 11.0. The smallest absolute Gasteiger partial charge is 0.122 e. The van der Waals surface area contributed by atoms with E-state index in [2.05, 4.69) is 51.1 Å². The Morgan fingerprint density at radius 3 is 2.62 bits per heavy atom. The summed E-state index contributed by atoms with van der Waals surface area (Å²) in [5.74, 6) is 1.01. The molecule has 0 saturated heterocycles. The van der Waals surface area contributed by atoms with Crippen LogP contribution in [0.4, 0.5) is 0 Å². The molecule has 0 heterocycles. The van der Waals surface area contributed by atoms with Crippen molar-refractivity contribution in [3.05, 3.63) is 41.5 Å². The Morgan fingerprint density at radius 2 is 1.88 bits per heavy atom. The molecule has 0 aliphatic rings. The minimum atomic E-state index is 0.790. The lowest BCUT2D eigenvalue weighted by molar-refractivity contribution is 0.316. The summed E-state index contributed by atoms with van der Waals surface area (Å²) in [5.41, 5.74) is 2.54. The number of aryl methyl sites for hydroxylation is 2. The minimum absolute atomic E-state index is 0.790. The number of hydrogen-bond donors (Lipinski definition) is 0. The van der Waals surface area contributed by atoms with Crippen molar-refractivity contribution in [3.63, 3.8) is 0 Å². The Kier molecular flexibility index (Phi) is 3.14. The van der Waals surface area contributed by atoms with E-state index < -0.39 is 0 Å². The van der Waals surface area contributed by atoms with E-state index in [1.165, 1.54) is 21.9 Å². The van der Waals surface area contributed by atoms with Crippen LogP contribution >= 0.6 is 0 Å². The predicted molar refractivity (Wildman–Crippen MR) is 69.2 cm³/mol. The average molecular weight is 214 g/mol. The molecule has 0 N–H and O–H groups in total. The second kappa shape index (κ2) is 4.56. The highest BCUT2D eigenvalue weighted by Gasteiger charge is 2.04. The summed E-state index contributed by atoms with van der Waals surface area (Å²) in [6, 6.07) is 10.8. The highest BCUT2D eigenvalue weighted by Crippen LogP contribution is 2.27. The second-order valence-electron chi connectivity index (χ2n) is 4.26. The number of benzene rings is 2. The van der Waals surface area contributed by atoms with Gasteiger partial charge in [0.2, 0.25) is 0 Å². The van der Waals surface area contributed by atoms with Gasteiger partial charge in [-0.15, -0.1) is 0 Å². The lowest BCUT2D eigenvalue weighted by atomic mass is 10.0. The van der Waals surface area contributed by atoms with Gasteiger partial charge in [-0.05, 0) is 42.7 Å². The van der Waals surface area contributed by atoms with Crippen molar-refractivity contribution in [2.45, 2.75) is 27.2 Å². The molecule has 84 valence electrons. The Morgan fingerprint density at radius 1 is 1.06 bits per heavy atom. The van der Waals surface area contributed by atoms with Gasteiger partial charge in [0, 0.05) is 0 Å². The molecule has 2 rings (SSSR count). The van der Waals surface area contributed by atoms with Crippen molar-refractivity contribution < 1.29 is 4.74 Å². The molecule has 2 aromatic rings. The maximum absolute atomic E-state index is 5.72. The van der Waals surface area contributed by atoms with Crippen molar-refractivity contribution in [2.24, 2.45) is 0 Å². The van der Waals surface area contributed by atoms with Crippen LogP contribution in [0.3, 0.4) is 0 Å². The van der Waals surface area contributed by atoms with Crippen LogP contribution < -0.4 is 4.74 Å². The van der Waals surface area contributed by atoms with E-state index in [4.69, 9.17) is 4.74 Å². The van der Waals surface area contributed by atoms with E-state index in [1.807, 2.05) is 0 Å². The second-order valence-corrected chi connectivity index (χ2v) is 4.26. The first-order chi connectivity index (χ1) is 7.72. The van der Waals surface area contributed by atoms with Crippen LogP contribution in [-0.4, -0.2) is 6.61 Å². The quantitative estimate of drug-likeness (QED) is 0.742. The van der Waals surface area contributed by atoms with Crippen molar-refractivity contribution in [2.75, 3.05) is 6.61 Å². The van der Waals surface area contributed by atoms with Crippen LogP contribution in [0.15, 0.2) is 30.3 Å². The maximum atomic E-state index is 5.72. The van der Waals surface area contributed by atoms with Gasteiger partial charge < -0.3 is 4.74 Å². The lowest BCUT2D eigenvalue weighted by Crippen LogP contribution is -1.97. The highest BCUT2D eigenvalue weighted by molar-refractivity contribution is 5.88. The van der Waals surface area contributed by atoms with E-state index in [0.717, 1.165) is 18.8 Å². The number of hydrogen-bond acceptors (Lipinski definition) is 1. The molecule has 0 fully saturated rings. The third-order valence-corrected chi connectivity index (χ3v) is 2.86. The van der Waals surface area contributed by atoms with Gasteiger partial charge in [-0.1, -0.05) is 36.8 Å². The number of fused-ring (bicyclic) bond motifs is 1. The molecule has 1 nitrogen and oxygen atoms in total. The molecular formula is C15H18O. The van der Waals surface area contributed by atoms with Gasteiger partial charge in [-0.2, -0.15) is 0 Å². The molecule has 16 heavy (non-hydrogen) atoms. The molecule has 0 aromatic heterocycles. The van der Waals surface area contributed by atoms with Gasteiger partial charge in [0.15, 0.2) is 0 Å². The van der Waals surface area contributed by atoms with Crippen LogP contribution in [0.25, 0.3) is 10.8 Å². The third-order valence-electron chi connectivity index (χ3n) is 2.86. The van der Waals surface area contributed by atoms with Gasteiger partial charge in [-0.3, -0.25) is 0 Å². The van der Waals surface area contributed by atoms with Crippen LogP contribution in [0, 0.1) is 13.8 Å². The third kappa shape index (κ3) is 2.04. The molecule has 0 amide bonds. The van der Waals surface area contributed by atoms with Crippen LogP contribution in [0.1, 0.15) is 24.5 Å². The Hall–Kier alpha value is -1.50. The monoisotopic (exact) mass is 214 g/mol. The predicted octanol–water partition coefficient (Wildman–Crippen LogP) is 4.25. The molecule has 0 spiro atoms. The van der Waals surface area contributed by atoms with Crippen LogP contribution in [-0.2, 0) is 0 Å². The Labute approximate surface area is 97.1 Å². The molecule has 0 saturated carbocycles. The van der Waals surface area contributed by atoms with E-state index in [0.29, 0.717) is 0 Å². The molecule has 0 bridgehead atoms. The number of ether oxygens (including phenoxy) is 1. The fourth-order valence-electron chi connectivity index (χ4n) is 1.95. The standard InChI is InChI=1S/C15H18O/c1-4-9-16-15-8-6-13-10-11(2)5-7-14(13)12(15)3/h5-8,10H,4,9H2,1-3H3. The zero-order valence-electron chi connectivity index (χ0n) is 10.2. The van der Waals surface area contributed by atoms with Gasteiger partial charge in [0.05, 0.1) is 6.61 Å². The van der Waals surface area contributed by atoms with Gasteiger partial charge in [-0.25, -0.2) is 0 Å². The normalized spacial score (nSPS) is 10.7. The van der Waals surface area contributed by atoms with E-state index in [9.17, 15) is 0 Å². The zero-order chi connectivity index (χ0) is 11.5. The Balaban J connectivity index is 2.48.